The highest BCUT2D eigenvalue weighted by Gasteiger charge is 2.16. The molecule has 0 saturated carbocycles. The Bertz CT molecular complexity index is 841. The summed E-state index contributed by atoms with van der Waals surface area (Å²) >= 11 is 5.57. The highest BCUT2D eigenvalue weighted by molar-refractivity contribution is 7.80. The van der Waals surface area contributed by atoms with E-state index in [2.05, 4.69) is 85.1 Å². The summed E-state index contributed by atoms with van der Waals surface area (Å²) in [5.74, 6) is 0. The van der Waals surface area contributed by atoms with E-state index in [1.807, 2.05) is 18.2 Å². The van der Waals surface area contributed by atoms with E-state index < -0.39 is 0 Å². The van der Waals surface area contributed by atoms with E-state index in [0.717, 1.165) is 5.69 Å². The summed E-state index contributed by atoms with van der Waals surface area (Å²) in [7, 11) is 0. The molecule has 0 aliphatic heterocycles. The maximum absolute atomic E-state index is 5.57. The van der Waals surface area contributed by atoms with Crippen molar-refractivity contribution in [2.45, 2.75) is 19.9 Å². The van der Waals surface area contributed by atoms with Crippen molar-refractivity contribution in [2.24, 2.45) is 0 Å². The van der Waals surface area contributed by atoms with Crippen molar-refractivity contribution in [1.29, 1.82) is 0 Å². The van der Waals surface area contributed by atoms with Gasteiger partial charge >= 0.3 is 0 Å². The van der Waals surface area contributed by atoms with Gasteiger partial charge in [0.1, 0.15) is 0 Å². The third-order valence-corrected chi connectivity index (χ3v) is 4.44. The number of anilines is 1. The lowest BCUT2D eigenvalue weighted by Crippen LogP contribution is -2.33. The summed E-state index contributed by atoms with van der Waals surface area (Å²) < 4.78 is 0. The van der Waals surface area contributed by atoms with Crippen LogP contribution in [0.1, 0.15) is 28.3 Å². The van der Waals surface area contributed by atoms with Crippen molar-refractivity contribution >= 4 is 23.0 Å². The average molecular weight is 346 g/mol. The minimum Gasteiger partial charge on any atom is -0.352 e. The van der Waals surface area contributed by atoms with Crippen molar-refractivity contribution in [3.8, 4) is 0 Å². The van der Waals surface area contributed by atoms with Gasteiger partial charge in [-0.25, -0.2) is 0 Å². The van der Waals surface area contributed by atoms with Crippen molar-refractivity contribution in [3.63, 3.8) is 0 Å². The van der Waals surface area contributed by atoms with Crippen LogP contribution in [0.3, 0.4) is 0 Å². The normalized spacial score (nSPS) is 11.6. The first-order chi connectivity index (χ1) is 12.1. The van der Waals surface area contributed by atoms with E-state index in [4.69, 9.17) is 12.2 Å². The molecule has 2 nitrogen and oxygen atoms in total. The second kappa shape index (κ2) is 7.95. The van der Waals surface area contributed by atoms with Crippen LogP contribution in [0.2, 0.25) is 0 Å². The van der Waals surface area contributed by atoms with Crippen LogP contribution < -0.4 is 10.6 Å². The Morgan fingerprint density at radius 1 is 0.800 bits per heavy atom. The molecule has 0 spiro atoms. The number of nitrogens with one attached hydrogen (secondary N) is 2. The lowest BCUT2D eigenvalue weighted by molar-refractivity contribution is 0.762. The first-order valence-electron chi connectivity index (χ1n) is 8.38. The minimum atomic E-state index is 0.00727. The largest absolute Gasteiger partial charge is 0.352 e. The topological polar surface area (TPSA) is 24.1 Å². The van der Waals surface area contributed by atoms with Crippen molar-refractivity contribution in [3.05, 3.63) is 101 Å². The van der Waals surface area contributed by atoms with E-state index in [1.165, 1.54) is 22.3 Å². The van der Waals surface area contributed by atoms with Gasteiger partial charge in [-0.1, -0.05) is 72.3 Å². The minimum absolute atomic E-state index is 0.00727. The Morgan fingerprint density at radius 3 is 2.12 bits per heavy atom. The van der Waals surface area contributed by atoms with E-state index in [0.29, 0.717) is 5.11 Å². The molecule has 0 unspecified atom stereocenters. The van der Waals surface area contributed by atoms with Gasteiger partial charge in [-0.05, 0) is 54.9 Å². The molecule has 25 heavy (non-hydrogen) atoms. The standard InChI is InChI=1S/C22H22N2S/c1-16-12-14-19(15-13-16)23-22(25)24-21(18-9-4-3-5-10-18)20-11-7-6-8-17(20)2/h3-15,21H,1-2H3,(H2,23,24,25)/t21-/m0/s1. The fourth-order valence-corrected chi connectivity index (χ4v) is 3.07. The Kier molecular flexibility index (Phi) is 5.46. The molecule has 3 aromatic rings. The number of benzene rings is 3. The van der Waals surface area contributed by atoms with E-state index in [9.17, 15) is 0 Å². The summed E-state index contributed by atoms with van der Waals surface area (Å²) in [6.45, 7) is 4.20. The SMILES string of the molecule is Cc1ccc(NC(=S)N[C@@H](c2ccccc2)c2ccccc2C)cc1. The first kappa shape index (κ1) is 17.2. The predicted octanol–water partition coefficient (Wildman–Crippen LogP) is 5.38. The van der Waals surface area contributed by atoms with Gasteiger partial charge in [0.15, 0.2) is 5.11 Å². The van der Waals surface area contributed by atoms with Gasteiger partial charge in [-0.2, -0.15) is 0 Å². The van der Waals surface area contributed by atoms with Gasteiger partial charge in [0.2, 0.25) is 0 Å². The maximum Gasteiger partial charge on any atom is 0.171 e. The van der Waals surface area contributed by atoms with Gasteiger partial charge in [0, 0.05) is 5.69 Å². The average Bonchev–Trinajstić information content (AvgIpc) is 2.63. The van der Waals surface area contributed by atoms with Gasteiger partial charge in [-0.15, -0.1) is 0 Å². The predicted molar refractivity (Wildman–Crippen MR) is 110 cm³/mol. The summed E-state index contributed by atoms with van der Waals surface area (Å²) in [5.41, 5.74) is 5.86. The Hall–Kier alpha value is -2.65. The summed E-state index contributed by atoms with van der Waals surface area (Å²) in [6, 6.07) is 27.0. The van der Waals surface area contributed by atoms with Crippen LogP contribution >= 0.6 is 12.2 Å². The molecule has 2 N–H and O–H groups in total. The highest BCUT2D eigenvalue weighted by atomic mass is 32.1. The zero-order valence-electron chi connectivity index (χ0n) is 14.5. The lowest BCUT2D eigenvalue weighted by atomic mass is 9.95. The molecule has 0 aromatic heterocycles. The molecule has 1 atom stereocenters. The summed E-state index contributed by atoms with van der Waals surface area (Å²) in [5, 5.41) is 7.36. The molecule has 0 saturated heterocycles. The van der Waals surface area contributed by atoms with Crippen LogP contribution in [0, 0.1) is 13.8 Å². The molecule has 0 fully saturated rings. The molecule has 0 heterocycles. The lowest BCUT2D eigenvalue weighted by Gasteiger charge is -2.23. The quantitative estimate of drug-likeness (QED) is 0.620. The van der Waals surface area contributed by atoms with Crippen LogP contribution in [0.15, 0.2) is 78.9 Å². The van der Waals surface area contributed by atoms with E-state index >= 15 is 0 Å². The van der Waals surface area contributed by atoms with Gasteiger partial charge in [0.05, 0.1) is 6.04 Å². The number of aryl methyl sites for hydroxylation is 2. The smallest absolute Gasteiger partial charge is 0.171 e. The molecule has 0 bridgehead atoms. The number of rotatable bonds is 4. The van der Waals surface area contributed by atoms with Gasteiger partial charge in [-0.3, -0.25) is 0 Å². The second-order valence-corrected chi connectivity index (χ2v) is 6.57. The molecule has 126 valence electrons. The molecular weight excluding hydrogens is 324 g/mol. The second-order valence-electron chi connectivity index (χ2n) is 6.16. The number of thiocarbonyl (C=S) groups is 1. The molecular formula is C22H22N2S. The van der Waals surface area contributed by atoms with Gasteiger partial charge < -0.3 is 10.6 Å². The fourth-order valence-electron chi connectivity index (χ4n) is 2.83. The Balaban J connectivity index is 1.84. The van der Waals surface area contributed by atoms with E-state index in [1.54, 1.807) is 0 Å². The van der Waals surface area contributed by atoms with Crippen LogP contribution in [0.5, 0.6) is 0 Å². The van der Waals surface area contributed by atoms with Crippen molar-refractivity contribution in [1.82, 2.24) is 5.32 Å². The summed E-state index contributed by atoms with van der Waals surface area (Å²) in [6.07, 6.45) is 0. The van der Waals surface area contributed by atoms with Crippen LogP contribution in [-0.2, 0) is 0 Å². The summed E-state index contributed by atoms with van der Waals surface area (Å²) in [4.78, 5) is 0. The number of hydrogen-bond donors (Lipinski definition) is 2. The molecule has 3 rings (SSSR count). The molecule has 0 radical (unpaired) electrons. The third-order valence-electron chi connectivity index (χ3n) is 4.22. The van der Waals surface area contributed by atoms with Crippen LogP contribution in [-0.4, -0.2) is 5.11 Å². The van der Waals surface area contributed by atoms with Crippen LogP contribution in [0.25, 0.3) is 0 Å². The molecule has 3 aromatic carbocycles. The van der Waals surface area contributed by atoms with Crippen LogP contribution in [0.4, 0.5) is 5.69 Å². The highest BCUT2D eigenvalue weighted by Crippen LogP contribution is 2.25. The van der Waals surface area contributed by atoms with Crippen molar-refractivity contribution in [2.75, 3.05) is 5.32 Å². The zero-order chi connectivity index (χ0) is 17.6. The zero-order valence-corrected chi connectivity index (χ0v) is 15.3. The third kappa shape index (κ3) is 4.46. The van der Waals surface area contributed by atoms with E-state index in [-0.39, 0.29) is 6.04 Å². The molecule has 0 amide bonds. The molecule has 0 aliphatic carbocycles. The first-order valence-corrected chi connectivity index (χ1v) is 8.79. The maximum atomic E-state index is 5.57. The Labute approximate surface area is 154 Å². The fraction of sp³-hybridized carbons (Fsp3) is 0.136. The molecule has 3 heteroatoms. The molecule has 0 aliphatic rings. The monoisotopic (exact) mass is 346 g/mol. The van der Waals surface area contributed by atoms with Crippen molar-refractivity contribution < 1.29 is 0 Å². The Morgan fingerprint density at radius 2 is 1.44 bits per heavy atom. The number of hydrogen-bond acceptors (Lipinski definition) is 1. The van der Waals surface area contributed by atoms with Gasteiger partial charge in [0.25, 0.3) is 0 Å².